The molecular weight excluding hydrogens is 479 g/mol. The summed E-state index contributed by atoms with van der Waals surface area (Å²) in [4.78, 5) is 31.3. The van der Waals surface area contributed by atoms with Crippen LogP contribution in [0.4, 0.5) is 18.9 Å². The normalized spacial score (nSPS) is 19.8. The molecule has 5 nitrogen and oxygen atoms in total. The summed E-state index contributed by atoms with van der Waals surface area (Å²) >= 11 is 0. The molecule has 2 atom stereocenters. The van der Waals surface area contributed by atoms with Crippen molar-refractivity contribution in [2.75, 3.05) is 5.32 Å². The van der Waals surface area contributed by atoms with Gasteiger partial charge in [0.05, 0.1) is 5.56 Å². The minimum atomic E-state index is -4.54. The van der Waals surface area contributed by atoms with Crippen molar-refractivity contribution in [2.45, 2.75) is 37.8 Å². The van der Waals surface area contributed by atoms with E-state index in [4.69, 9.17) is 0 Å². The highest BCUT2D eigenvalue weighted by atomic mass is 19.4. The summed E-state index contributed by atoms with van der Waals surface area (Å²) in [7, 11) is 0. The van der Waals surface area contributed by atoms with Crippen LogP contribution in [0, 0.1) is 0 Å². The Kier molecular flexibility index (Phi) is 6.41. The number of carbonyl (C=O) groups is 2. The van der Waals surface area contributed by atoms with E-state index in [-0.39, 0.29) is 23.0 Å². The number of allylic oxidation sites excluding steroid dienone is 3. The Morgan fingerprint density at radius 1 is 1.00 bits per heavy atom. The largest absolute Gasteiger partial charge is 0.416 e. The second-order valence-corrected chi connectivity index (χ2v) is 9.25. The summed E-state index contributed by atoms with van der Waals surface area (Å²) in [6.45, 7) is 1.74. The van der Waals surface area contributed by atoms with E-state index in [0.717, 1.165) is 23.4 Å². The van der Waals surface area contributed by atoms with Crippen LogP contribution in [-0.2, 0) is 15.8 Å². The number of pyridine rings is 1. The van der Waals surface area contributed by atoms with Gasteiger partial charge in [-0.1, -0.05) is 42.5 Å². The lowest BCUT2D eigenvalue weighted by atomic mass is 9.72. The van der Waals surface area contributed by atoms with Gasteiger partial charge in [0.15, 0.2) is 5.78 Å². The van der Waals surface area contributed by atoms with Crippen molar-refractivity contribution in [3.8, 4) is 0 Å². The topological polar surface area (TPSA) is 71.1 Å². The fraction of sp³-hybridized carbons (Fsp3) is 0.207. The van der Waals surface area contributed by atoms with Crippen molar-refractivity contribution in [3.63, 3.8) is 0 Å². The second kappa shape index (κ2) is 9.69. The number of alkyl halides is 3. The van der Waals surface area contributed by atoms with Gasteiger partial charge in [0.1, 0.15) is 0 Å². The van der Waals surface area contributed by atoms with Crippen LogP contribution in [-0.4, -0.2) is 16.7 Å². The predicted octanol–water partition coefficient (Wildman–Crippen LogP) is 6.10. The molecule has 1 aliphatic carbocycles. The van der Waals surface area contributed by atoms with Crippen molar-refractivity contribution in [1.29, 1.82) is 0 Å². The molecule has 2 aromatic carbocycles. The lowest BCUT2D eigenvalue weighted by Crippen LogP contribution is -2.37. The van der Waals surface area contributed by atoms with Gasteiger partial charge in [-0.15, -0.1) is 0 Å². The lowest BCUT2D eigenvalue weighted by molar-refractivity contribution is -0.137. The van der Waals surface area contributed by atoms with Gasteiger partial charge < -0.3 is 10.6 Å². The highest BCUT2D eigenvalue weighted by Gasteiger charge is 2.41. The van der Waals surface area contributed by atoms with Crippen LogP contribution < -0.4 is 10.6 Å². The number of aromatic nitrogens is 1. The number of nitrogens with one attached hydrogen (secondary N) is 2. The summed E-state index contributed by atoms with van der Waals surface area (Å²) in [6, 6.07) is 17.8. The molecule has 2 heterocycles. The highest BCUT2D eigenvalue weighted by Crippen LogP contribution is 2.45. The first-order chi connectivity index (χ1) is 17.7. The molecule has 2 N–H and O–H groups in total. The van der Waals surface area contributed by atoms with Gasteiger partial charge in [0.25, 0.3) is 5.91 Å². The number of carbonyl (C=O) groups excluding carboxylic acids is 2. The third-order valence-corrected chi connectivity index (χ3v) is 6.81. The number of amides is 1. The van der Waals surface area contributed by atoms with Crippen LogP contribution >= 0.6 is 0 Å². The van der Waals surface area contributed by atoms with E-state index >= 15 is 0 Å². The van der Waals surface area contributed by atoms with Crippen LogP contribution in [0.5, 0.6) is 0 Å². The van der Waals surface area contributed by atoms with Gasteiger partial charge >= 0.3 is 6.18 Å². The zero-order valence-electron chi connectivity index (χ0n) is 20.0. The Labute approximate surface area is 212 Å². The smallest absolute Gasteiger partial charge is 0.362 e. The molecule has 0 saturated heterocycles. The number of halogens is 3. The van der Waals surface area contributed by atoms with E-state index in [9.17, 15) is 22.8 Å². The van der Waals surface area contributed by atoms with E-state index < -0.39 is 23.6 Å². The molecule has 5 rings (SSSR count). The minimum Gasteiger partial charge on any atom is -0.362 e. The number of hydrogen-bond donors (Lipinski definition) is 2. The Balaban J connectivity index is 1.52. The van der Waals surface area contributed by atoms with E-state index in [2.05, 4.69) is 15.6 Å². The molecule has 1 aliphatic heterocycles. The maximum Gasteiger partial charge on any atom is 0.416 e. The Hall–Kier alpha value is -4.20. The van der Waals surface area contributed by atoms with E-state index in [1.54, 1.807) is 31.5 Å². The van der Waals surface area contributed by atoms with Gasteiger partial charge in [-0.3, -0.25) is 14.6 Å². The molecule has 8 heteroatoms. The van der Waals surface area contributed by atoms with E-state index in [1.165, 1.54) is 12.1 Å². The predicted molar refractivity (Wildman–Crippen MR) is 133 cm³/mol. The molecule has 3 aromatic rings. The molecule has 0 saturated carbocycles. The zero-order valence-corrected chi connectivity index (χ0v) is 20.0. The first-order valence-corrected chi connectivity index (χ1v) is 11.9. The third kappa shape index (κ3) is 4.91. The first-order valence-electron chi connectivity index (χ1n) is 11.9. The van der Waals surface area contributed by atoms with E-state index in [0.29, 0.717) is 29.7 Å². The van der Waals surface area contributed by atoms with Crippen molar-refractivity contribution >= 4 is 17.4 Å². The zero-order chi connectivity index (χ0) is 26.2. The fourth-order valence-corrected chi connectivity index (χ4v) is 5.15. The van der Waals surface area contributed by atoms with Gasteiger partial charge in [0, 0.05) is 53.0 Å². The Morgan fingerprint density at radius 2 is 1.76 bits per heavy atom. The molecule has 0 spiro atoms. The molecule has 0 unspecified atom stereocenters. The average Bonchev–Trinajstić information content (AvgIpc) is 2.88. The highest BCUT2D eigenvalue weighted by molar-refractivity contribution is 6.10. The summed E-state index contributed by atoms with van der Waals surface area (Å²) < 4.78 is 39.6. The average molecular weight is 504 g/mol. The molecule has 0 radical (unpaired) electrons. The maximum absolute atomic E-state index is 13.6. The second-order valence-electron chi connectivity index (χ2n) is 9.25. The standard InChI is InChI=1S/C29H24F3N3O2/c1-17-25(28(37)35-22-11-5-10-21(15-22)29(30,31)32)26(19-9-6-12-33-16-19)27-23(34-17)13-20(14-24(27)36)18-7-3-2-4-8-18/h2-12,15-16,20,26,34H,13-14H2,1H3,(H,35,37)/t20-,26+/m1/s1. The van der Waals surface area contributed by atoms with Crippen LogP contribution in [0.15, 0.2) is 102 Å². The number of ketones is 1. The molecule has 2 aliphatic rings. The number of nitrogens with zero attached hydrogens (tertiary/aromatic N) is 1. The number of benzene rings is 2. The summed E-state index contributed by atoms with van der Waals surface area (Å²) in [6.07, 6.45) is -0.427. The number of hydrogen-bond acceptors (Lipinski definition) is 4. The van der Waals surface area contributed by atoms with Crippen LogP contribution in [0.2, 0.25) is 0 Å². The quantitative estimate of drug-likeness (QED) is 0.451. The first kappa shape index (κ1) is 24.5. The summed E-state index contributed by atoms with van der Waals surface area (Å²) in [5.41, 5.74) is 2.96. The van der Waals surface area contributed by atoms with Crippen molar-refractivity contribution in [2.24, 2.45) is 0 Å². The van der Waals surface area contributed by atoms with Crippen LogP contribution in [0.3, 0.4) is 0 Å². The molecule has 1 amide bonds. The van der Waals surface area contributed by atoms with Crippen molar-refractivity contribution in [1.82, 2.24) is 10.3 Å². The van der Waals surface area contributed by atoms with Gasteiger partial charge in [0.2, 0.25) is 0 Å². The molecule has 0 bridgehead atoms. The number of dihydropyridines is 1. The van der Waals surface area contributed by atoms with Crippen LogP contribution in [0.1, 0.15) is 48.3 Å². The summed E-state index contributed by atoms with van der Waals surface area (Å²) in [5.74, 6) is -1.35. The minimum absolute atomic E-state index is 0.00258. The molecule has 0 fully saturated rings. The van der Waals surface area contributed by atoms with Gasteiger partial charge in [-0.2, -0.15) is 13.2 Å². The molecule has 1 aromatic heterocycles. The lowest BCUT2D eigenvalue weighted by Gasteiger charge is -2.37. The van der Waals surface area contributed by atoms with Gasteiger partial charge in [-0.25, -0.2) is 0 Å². The molecule has 188 valence electrons. The fourth-order valence-electron chi connectivity index (χ4n) is 5.15. The van der Waals surface area contributed by atoms with Gasteiger partial charge in [-0.05, 0) is 54.7 Å². The Bertz CT molecular complexity index is 1410. The monoisotopic (exact) mass is 503 g/mol. The third-order valence-electron chi connectivity index (χ3n) is 6.81. The summed E-state index contributed by atoms with van der Waals surface area (Å²) in [5, 5.41) is 5.89. The van der Waals surface area contributed by atoms with Crippen molar-refractivity contribution < 1.29 is 22.8 Å². The van der Waals surface area contributed by atoms with E-state index in [1.807, 2.05) is 30.3 Å². The van der Waals surface area contributed by atoms with Crippen LogP contribution in [0.25, 0.3) is 0 Å². The number of anilines is 1. The maximum atomic E-state index is 13.6. The number of rotatable bonds is 4. The number of Topliss-reactive ketones (excluding diaryl/α,β-unsaturated/α-hetero) is 1. The molecule has 37 heavy (non-hydrogen) atoms. The SMILES string of the molecule is CC1=C(C(=O)Nc2cccc(C(F)(F)F)c2)[C@H](c2cccnc2)C2=C(C[C@@H](c3ccccc3)CC2=O)N1. The molecular formula is C29H24F3N3O2. The Morgan fingerprint density at radius 3 is 2.46 bits per heavy atom. The van der Waals surface area contributed by atoms with Crippen molar-refractivity contribution in [3.05, 3.63) is 118 Å².